The number of imidazole rings is 1. The lowest BCUT2D eigenvalue weighted by Gasteiger charge is -2.33. The number of para-hydroxylation sites is 2. The van der Waals surface area contributed by atoms with Crippen molar-refractivity contribution in [3.05, 3.63) is 59.4 Å². The summed E-state index contributed by atoms with van der Waals surface area (Å²) >= 11 is 0. The zero-order chi connectivity index (χ0) is 19.7. The Bertz CT molecular complexity index is 961. The first-order valence-corrected chi connectivity index (χ1v) is 9.99. The molecule has 0 saturated carbocycles. The fraction of sp³-hybridized carbons (Fsp3) is 0.391. The predicted octanol–water partition coefficient (Wildman–Crippen LogP) is 4.35. The van der Waals surface area contributed by atoms with Crippen molar-refractivity contribution in [1.82, 2.24) is 14.9 Å². The van der Waals surface area contributed by atoms with E-state index in [0.717, 1.165) is 47.6 Å². The molecule has 0 aliphatic carbocycles. The van der Waals surface area contributed by atoms with Crippen LogP contribution in [0, 0.1) is 13.8 Å². The number of amides is 1. The second-order valence-corrected chi connectivity index (χ2v) is 7.72. The summed E-state index contributed by atoms with van der Waals surface area (Å²) in [4.78, 5) is 23.1. The van der Waals surface area contributed by atoms with E-state index in [1.165, 1.54) is 5.56 Å². The zero-order valence-corrected chi connectivity index (χ0v) is 16.7. The number of piperidine rings is 1. The summed E-state index contributed by atoms with van der Waals surface area (Å²) in [6.07, 6.45) is 1.51. The smallest absolute Gasteiger partial charge is 0.263 e. The number of aromatic amines is 1. The number of ether oxygens (including phenoxy) is 1. The number of hydrogen-bond acceptors (Lipinski definition) is 3. The lowest BCUT2D eigenvalue weighted by molar-refractivity contribution is -0.139. The minimum atomic E-state index is -0.505. The van der Waals surface area contributed by atoms with E-state index in [1.807, 2.05) is 55.1 Å². The molecule has 1 N–H and O–H groups in total. The van der Waals surface area contributed by atoms with Crippen molar-refractivity contribution in [1.29, 1.82) is 0 Å². The molecular weight excluding hydrogens is 350 g/mol. The number of carbonyl (C=O) groups is 1. The molecule has 0 radical (unpaired) electrons. The maximum absolute atomic E-state index is 13.0. The van der Waals surface area contributed by atoms with Gasteiger partial charge < -0.3 is 14.6 Å². The van der Waals surface area contributed by atoms with Gasteiger partial charge in [-0.25, -0.2) is 4.98 Å². The van der Waals surface area contributed by atoms with Crippen LogP contribution in [-0.2, 0) is 4.79 Å². The van der Waals surface area contributed by atoms with Crippen molar-refractivity contribution >= 4 is 16.9 Å². The summed E-state index contributed by atoms with van der Waals surface area (Å²) in [5, 5.41) is 0. The first-order valence-electron chi connectivity index (χ1n) is 9.99. The highest BCUT2D eigenvalue weighted by Crippen LogP contribution is 2.28. The summed E-state index contributed by atoms with van der Waals surface area (Å²) in [5.74, 6) is 2.04. The summed E-state index contributed by atoms with van der Waals surface area (Å²) in [6.45, 7) is 7.38. The number of fused-ring (bicyclic) bond motifs is 1. The topological polar surface area (TPSA) is 58.2 Å². The maximum atomic E-state index is 13.0. The standard InChI is InChI=1S/C23H27N3O2/c1-15-8-6-12-21(16(15)2)28-17(3)23(27)26-13-7-9-18(14-26)22-24-19-10-4-5-11-20(19)25-22/h4-6,8,10-12,17-18H,7,9,13-14H2,1-3H3,(H,24,25)/t17-,18-/m0/s1. The van der Waals surface area contributed by atoms with Gasteiger partial charge >= 0.3 is 0 Å². The second-order valence-electron chi connectivity index (χ2n) is 7.72. The van der Waals surface area contributed by atoms with Gasteiger partial charge in [0.1, 0.15) is 11.6 Å². The Labute approximate surface area is 165 Å². The van der Waals surface area contributed by atoms with Crippen LogP contribution < -0.4 is 4.74 Å². The monoisotopic (exact) mass is 377 g/mol. The molecule has 146 valence electrons. The molecule has 1 saturated heterocycles. The number of rotatable bonds is 4. The molecule has 2 atom stereocenters. The number of carbonyl (C=O) groups excluding carboxylic acids is 1. The van der Waals surface area contributed by atoms with Crippen molar-refractivity contribution < 1.29 is 9.53 Å². The fourth-order valence-corrected chi connectivity index (χ4v) is 3.92. The molecular formula is C23H27N3O2. The van der Waals surface area contributed by atoms with Crippen LogP contribution in [0.5, 0.6) is 5.75 Å². The van der Waals surface area contributed by atoms with Crippen molar-refractivity contribution in [2.24, 2.45) is 0 Å². The van der Waals surface area contributed by atoms with E-state index in [2.05, 4.69) is 18.0 Å². The van der Waals surface area contributed by atoms with Crippen LogP contribution in [0.3, 0.4) is 0 Å². The van der Waals surface area contributed by atoms with Gasteiger partial charge in [-0.2, -0.15) is 0 Å². The molecule has 28 heavy (non-hydrogen) atoms. The van der Waals surface area contributed by atoms with Gasteiger partial charge in [-0.3, -0.25) is 4.79 Å². The Morgan fingerprint density at radius 2 is 2.04 bits per heavy atom. The molecule has 2 heterocycles. The van der Waals surface area contributed by atoms with E-state index in [-0.39, 0.29) is 11.8 Å². The van der Waals surface area contributed by atoms with E-state index in [0.29, 0.717) is 6.54 Å². The van der Waals surface area contributed by atoms with E-state index in [4.69, 9.17) is 9.72 Å². The maximum Gasteiger partial charge on any atom is 0.263 e. The van der Waals surface area contributed by atoms with Crippen LogP contribution >= 0.6 is 0 Å². The number of benzene rings is 2. The molecule has 3 aromatic rings. The highest BCUT2D eigenvalue weighted by molar-refractivity contribution is 5.81. The van der Waals surface area contributed by atoms with Gasteiger partial charge in [0.25, 0.3) is 5.91 Å². The van der Waals surface area contributed by atoms with Crippen LogP contribution in [0.1, 0.15) is 42.6 Å². The third-order valence-electron chi connectivity index (χ3n) is 5.73. The Morgan fingerprint density at radius 1 is 1.21 bits per heavy atom. The van der Waals surface area contributed by atoms with Crippen molar-refractivity contribution in [3.63, 3.8) is 0 Å². The first kappa shape index (κ1) is 18.5. The lowest BCUT2D eigenvalue weighted by atomic mass is 9.97. The van der Waals surface area contributed by atoms with Gasteiger partial charge in [0, 0.05) is 19.0 Å². The quantitative estimate of drug-likeness (QED) is 0.735. The molecule has 1 aliphatic heterocycles. The molecule has 0 unspecified atom stereocenters. The zero-order valence-electron chi connectivity index (χ0n) is 16.7. The third kappa shape index (κ3) is 3.61. The van der Waals surface area contributed by atoms with Crippen LogP contribution in [-0.4, -0.2) is 40.0 Å². The number of aryl methyl sites for hydroxylation is 1. The van der Waals surface area contributed by atoms with Crippen LogP contribution in [0.25, 0.3) is 11.0 Å². The van der Waals surface area contributed by atoms with Crippen molar-refractivity contribution in [2.45, 2.75) is 45.6 Å². The fourth-order valence-electron chi connectivity index (χ4n) is 3.92. The average Bonchev–Trinajstić information content (AvgIpc) is 3.15. The molecule has 5 nitrogen and oxygen atoms in total. The van der Waals surface area contributed by atoms with E-state index in [1.54, 1.807) is 0 Å². The predicted molar refractivity (Wildman–Crippen MR) is 111 cm³/mol. The largest absolute Gasteiger partial charge is 0.481 e. The molecule has 0 spiro atoms. The minimum Gasteiger partial charge on any atom is -0.481 e. The Kier molecular flexibility index (Phi) is 5.07. The summed E-state index contributed by atoms with van der Waals surface area (Å²) in [5.41, 5.74) is 4.28. The molecule has 1 amide bonds. The highest BCUT2D eigenvalue weighted by Gasteiger charge is 2.30. The molecule has 5 heteroatoms. The van der Waals surface area contributed by atoms with Crippen LogP contribution in [0.15, 0.2) is 42.5 Å². The van der Waals surface area contributed by atoms with Crippen molar-refractivity contribution in [3.8, 4) is 5.75 Å². The molecule has 1 fully saturated rings. The number of hydrogen-bond donors (Lipinski definition) is 1. The SMILES string of the molecule is Cc1cccc(O[C@@H](C)C(=O)N2CCC[C@H](c3nc4ccccc4[nH]3)C2)c1C. The third-order valence-corrected chi connectivity index (χ3v) is 5.73. The van der Waals surface area contributed by atoms with Gasteiger partial charge in [-0.15, -0.1) is 0 Å². The van der Waals surface area contributed by atoms with Crippen LogP contribution in [0.4, 0.5) is 0 Å². The van der Waals surface area contributed by atoms with Crippen LogP contribution in [0.2, 0.25) is 0 Å². The number of likely N-dealkylation sites (tertiary alicyclic amines) is 1. The Balaban J connectivity index is 1.46. The number of nitrogens with one attached hydrogen (secondary N) is 1. The molecule has 1 aromatic heterocycles. The number of nitrogens with zero attached hydrogens (tertiary/aromatic N) is 2. The molecule has 1 aliphatic rings. The van der Waals surface area contributed by atoms with Gasteiger partial charge in [0.15, 0.2) is 6.10 Å². The van der Waals surface area contributed by atoms with Crippen molar-refractivity contribution in [2.75, 3.05) is 13.1 Å². The van der Waals surface area contributed by atoms with Gasteiger partial charge in [-0.1, -0.05) is 24.3 Å². The Hall–Kier alpha value is -2.82. The number of H-pyrrole nitrogens is 1. The molecule has 2 aromatic carbocycles. The average molecular weight is 377 g/mol. The summed E-state index contributed by atoms with van der Waals surface area (Å²) in [6, 6.07) is 14.0. The highest BCUT2D eigenvalue weighted by atomic mass is 16.5. The van der Waals surface area contributed by atoms with E-state index in [9.17, 15) is 4.79 Å². The normalized spacial score (nSPS) is 18.2. The summed E-state index contributed by atoms with van der Waals surface area (Å²) in [7, 11) is 0. The van der Waals surface area contributed by atoms with E-state index < -0.39 is 6.10 Å². The molecule has 0 bridgehead atoms. The van der Waals surface area contributed by atoms with Gasteiger partial charge in [-0.05, 0) is 62.9 Å². The van der Waals surface area contributed by atoms with E-state index >= 15 is 0 Å². The minimum absolute atomic E-state index is 0.0433. The number of aromatic nitrogens is 2. The second kappa shape index (κ2) is 7.66. The molecule has 4 rings (SSSR count). The first-order chi connectivity index (χ1) is 13.5. The van der Waals surface area contributed by atoms with Gasteiger partial charge in [0.05, 0.1) is 11.0 Å². The Morgan fingerprint density at radius 3 is 2.86 bits per heavy atom. The summed E-state index contributed by atoms with van der Waals surface area (Å²) < 4.78 is 6.02. The van der Waals surface area contributed by atoms with Gasteiger partial charge in [0.2, 0.25) is 0 Å². The lowest BCUT2D eigenvalue weighted by Crippen LogP contribution is -2.45.